The molecule has 3 nitrogen and oxygen atoms in total. The van der Waals surface area contributed by atoms with E-state index in [1.54, 1.807) is 12.1 Å². The molecule has 4 heteroatoms. The van der Waals surface area contributed by atoms with Gasteiger partial charge in [0.15, 0.2) is 0 Å². The van der Waals surface area contributed by atoms with Crippen molar-refractivity contribution in [1.82, 2.24) is 5.43 Å². The number of carbonyl (C=O) groups is 1. The SMILES string of the molecule is CCCCCCCCC(=O)NN=Cc1cccc(F)c1. The first-order valence-corrected chi connectivity index (χ1v) is 7.30. The number of amides is 1. The lowest BCUT2D eigenvalue weighted by molar-refractivity contribution is -0.121. The van der Waals surface area contributed by atoms with Crippen LogP contribution in [-0.2, 0) is 4.79 Å². The average Bonchev–Trinajstić information content (AvgIpc) is 2.43. The van der Waals surface area contributed by atoms with Gasteiger partial charge in [0.1, 0.15) is 5.82 Å². The van der Waals surface area contributed by atoms with Gasteiger partial charge >= 0.3 is 0 Å². The highest BCUT2D eigenvalue weighted by atomic mass is 19.1. The van der Waals surface area contributed by atoms with Gasteiger partial charge in [0, 0.05) is 6.42 Å². The van der Waals surface area contributed by atoms with Crippen LogP contribution in [0.2, 0.25) is 0 Å². The Labute approximate surface area is 120 Å². The molecule has 1 aromatic carbocycles. The van der Waals surface area contributed by atoms with Crippen LogP contribution in [0.3, 0.4) is 0 Å². The smallest absolute Gasteiger partial charge is 0.240 e. The van der Waals surface area contributed by atoms with Gasteiger partial charge in [0.25, 0.3) is 0 Å². The predicted octanol–water partition coefficient (Wildman–Crippen LogP) is 4.03. The van der Waals surface area contributed by atoms with Crippen molar-refractivity contribution >= 4 is 12.1 Å². The lowest BCUT2D eigenvalue weighted by Gasteiger charge is -2.00. The number of hydrogen-bond donors (Lipinski definition) is 1. The maximum absolute atomic E-state index is 12.9. The fourth-order valence-electron chi connectivity index (χ4n) is 1.89. The number of nitrogens with one attached hydrogen (secondary N) is 1. The zero-order chi connectivity index (χ0) is 14.6. The second kappa shape index (κ2) is 10.1. The summed E-state index contributed by atoms with van der Waals surface area (Å²) < 4.78 is 12.9. The molecule has 0 aliphatic rings. The minimum atomic E-state index is -0.313. The highest BCUT2D eigenvalue weighted by Crippen LogP contribution is 2.06. The first-order chi connectivity index (χ1) is 9.72. The second-order valence-corrected chi connectivity index (χ2v) is 4.87. The molecule has 0 fully saturated rings. The lowest BCUT2D eigenvalue weighted by atomic mass is 10.1. The number of hydrogen-bond acceptors (Lipinski definition) is 2. The summed E-state index contributed by atoms with van der Waals surface area (Å²) in [6.45, 7) is 2.18. The Bertz CT molecular complexity index is 432. The Morgan fingerprint density at radius 3 is 2.75 bits per heavy atom. The van der Waals surface area contributed by atoms with Gasteiger partial charge in [-0.25, -0.2) is 9.82 Å². The van der Waals surface area contributed by atoms with E-state index in [1.165, 1.54) is 44.0 Å². The van der Waals surface area contributed by atoms with Gasteiger partial charge in [-0.3, -0.25) is 4.79 Å². The summed E-state index contributed by atoms with van der Waals surface area (Å²) in [4.78, 5) is 11.5. The van der Waals surface area contributed by atoms with Gasteiger partial charge in [-0.1, -0.05) is 51.2 Å². The molecule has 0 spiro atoms. The Morgan fingerprint density at radius 1 is 1.25 bits per heavy atom. The first kappa shape index (κ1) is 16.3. The van der Waals surface area contributed by atoms with Gasteiger partial charge in [-0.05, 0) is 24.1 Å². The summed E-state index contributed by atoms with van der Waals surface area (Å²) in [7, 11) is 0. The molecule has 0 aliphatic heterocycles. The Balaban J connectivity index is 2.13. The molecule has 0 saturated heterocycles. The first-order valence-electron chi connectivity index (χ1n) is 7.30. The quantitative estimate of drug-likeness (QED) is 0.413. The number of halogens is 1. The van der Waals surface area contributed by atoms with Crippen LogP contribution in [-0.4, -0.2) is 12.1 Å². The van der Waals surface area contributed by atoms with E-state index in [0.717, 1.165) is 12.8 Å². The summed E-state index contributed by atoms with van der Waals surface area (Å²) in [5.41, 5.74) is 3.09. The van der Waals surface area contributed by atoms with Gasteiger partial charge in [-0.15, -0.1) is 0 Å². The molecule has 0 unspecified atom stereocenters. The summed E-state index contributed by atoms with van der Waals surface area (Å²) in [6, 6.07) is 6.07. The molecule has 1 aromatic rings. The fraction of sp³-hybridized carbons (Fsp3) is 0.500. The molecular formula is C16H23FN2O. The summed E-state index contributed by atoms with van der Waals surface area (Å²) in [6.07, 6.45) is 8.85. The van der Waals surface area contributed by atoms with Crippen LogP contribution < -0.4 is 5.43 Å². The summed E-state index contributed by atoms with van der Waals surface area (Å²) in [5.74, 6) is -0.402. The fourth-order valence-corrected chi connectivity index (χ4v) is 1.89. The molecule has 110 valence electrons. The number of rotatable bonds is 9. The van der Waals surface area contributed by atoms with Crippen molar-refractivity contribution in [3.8, 4) is 0 Å². The van der Waals surface area contributed by atoms with Crippen molar-refractivity contribution in [3.63, 3.8) is 0 Å². The van der Waals surface area contributed by atoms with Crippen molar-refractivity contribution in [1.29, 1.82) is 0 Å². The maximum Gasteiger partial charge on any atom is 0.240 e. The molecule has 1 rings (SSSR count). The van der Waals surface area contributed by atoms with Crippen LogP contribution in [0.15, 0.2) is 29.4 Å². The van der Waals surface area contributed by atoms with Crippen molar-refractivity contribution in [2.45, 2.75) is 51.9 Å². The normalized spacial score (nSPS) is 10.9. The highest BCUT2D eigenvalue weighted by Gasteiger charge is 1.99. The number of carbonyl (C=O) groups excluding carboxylic acids is 1. The highest BCUT2D eigenvalue weighted by molar-refractivity contribution is 5.82. The van der Waals surface area contributed by atoms with Crippen LogP contribution in [0.25, 0.3) is 0 Å². The third-order valence-corrected chi connectivity index (χ3v) is 3.01. The maximum atomic E-state index is 12.9. The molecule has 0 saturated carbocycles. The second-order valence-electron chi connectivity index (χ2n) is 4.87. The van der Waals surface area contributed by atoms with Gasteiger partial charge in [-0.2, -0.15) is 5.10 Å². The number of nitrogens with zero attached hydrogens (tertiary/aromatic N) is 1. The monoisotopic (exact) mass is 278 g/mol. The molecule has 20 heavy (non-hydrogen) atoms. The molecule has 1 N–H and O–H groups in total. The van der Waals surface area contributed by atoms with Gasteiger partial charge in [0.05, 0.1) is 6.21 Å². The Hall–Kier alpha value is -1.71. The van der Waals surface area contributed by atoms with Gasteiger partial charge < -0.3 is 0 Å². The lowest BCUT2D eigenvalue weighted by Crippen LogP contribution is -2.16. The van der Waals surface area contributed by atoms with E-state index in [0.29, 0.717) is 12.0 Å². The third-order valence-electron chi connectivity index (χ3n) is 3.01. The zero-order valence-corrected chi connectivity index (χ0v) is 12.1. The van der Waals surface area contributed by atoms with Crippen LogP contribution in [0.1, 0.15) is 57.4 Å². The van der Waals surface area contributed by atoms with E-state index < -0.39 is 0 Å². The largest absolute Gasteiger partial charge is 0.273 e. The molecule has 0 atom stereocenters. The molecule has 0 radical (unpaired) electrons. The van der Waals surface area contributed by atoms with Crippen molar-refractivity contribution < 1.29 is 9.18 Å². The molecule has 0 heterocycles. The summed E-state index contributed by atoms with van der Waals surface area (Å²) in [5, 5.41) is 3.82. The van der Waals surface area contributed by atoms with E-state index in [1.807, 2.05) is 0 Å². The Morgan fingerprint density at radius 2 is 2.00 bits per heavy atom. The van der Waals surface area contributed by atoms with E-state index in [4.69, 9.17) is 0 Å². The Kier molecular flexibility index (Phi) is 8.27. The number of hydrazone groups is 1. The molecule has 0 aromatic heterocycles. The van der Waals surface area contributed by atoms with E-state index in [9.17, 15) is 9.18 Å². The van der Waals surface area contributed by atoms with Crippen LogP contribution in [0, 0.1) is 5.82 Å². The van der Waals surface area contributed by atoms with Crippen LogP contribution in [0.5, 0.6) is 0 Å². The zero-order valence-electron chi connectivity index (χ0n) is 12.1. The number of unbranched alkanes of at least 4 members (excludes halogenated alkanes) is 5. The topological polar surface area (TPSA) is 41.5 Å². The van der Waals surface area contributed by atoms with Crippen molar-refractivity contribution in [3.05, 3.63) is 35.6 Å². The average molecular weight is 278 g/mol. The number of benzene rings is 1. The molecule has 0 aliphatic carbocycles. The molecule has 0 bridgehead atoms. The summed E-state index contributed by atoms with van der Waals surface area (Å²) >= 11 is 0. The van der Waals surface area contributed by atoms with E-state index in [-0.39, 0.29) is 11.7 Å². The predicted molar refractivity (Wildman–Crippen MR) is 80.1 cm³/mol. The van der Waals surface area contributed by atoms with E-state index in [2.05, 4.69) is 17.5 Å². The van der Waals surface area contributed by atoms with Crippen molar-refractivity contribution in [2.24, 2.45) is 5.10 Å². The minimum Gasteiger partial charge on any atom is -0.273 e. The third kappa shape index (κ3) is 7.67. The molecule has 1 amide bonds. The molecular weight excluding hydrogens is 255 g/mol. The standard InChI is InChI=1S/C16H23FN2O/c1-2-3-4-5-6-7-11-16(20)19-18-13-14-9-8-10-15(17)12-14/h8-10,12-13H,2-7,11H2,1H3,(H,19,20). The van der Waals surface area contributed by atoms with E-state index >= 15 is 0 Å². The van der Waals surface area contributed by atoms with Crippen LogP contribution >= 0.6 is 0 Å². The van der Waals surface area contributed by atoms with Crippen LogP contribution in [0.4, 0.5) is 4.39 Å². The van der Waals surface area contributed by atoms with Gasteiger partial charge in [0.2, 0.25) is 5.91 Å². The van der Waals surface area contributed by atoms with Crippen molar-refractivity contribution in [2.75, 3.05) is 0 Å². The minimum absolute atomic E-state index is 0.0897.